The maximum absolute atomic E-state index is 11.6. The summed E-state index contributed by atoms with van der Waals surface area (Å²) in [6.45, 7) is 3.89. The molecule has 6 heteroatoms. The second-order valence-corrected chi connectivity index (χ2v) is 4.10. The number of nitriles is 1. The van der Waals surface area contributed by atoms with Gasteiger partial charge in [0.25, 0.3) is 5.91 Å². The summed E-state index contributed by atoms with van der Waals surface area (Å²) >= 11 is 0. The number of rotatable bonds is 5. The summed E-state index contributed by atoms with van der Waals surface area (Å²) < 4.78 is 0. The van der Waals surface area contributed by atoms with Gasteiger partial charge in [-0.25, -0.2) is 9.97 Å². The molecule has 21 heavy (non-hydrogen) atoms. The molecular formula is C15H13N5O. The van der Waals surface area contributed by atoms with E-state index in [9.17, 15) is 4.79 Å². The summed E-state index contributed by atoms with van der Waals surface area (Å²) in [5, 5.41) is 14.5. The zero-order chi connectivity index (χ0) is 15.1. The van der Waals surface area contributed by atoms with Crippen LogP contribution in [-0.4, -0.2) is 22.4 Å². The fraction of sp³-hybridized carbons (Fsp3) is 0.0667. The first kappa shape index (κ1) is 14.2. The number of nitrogens with one attached hydrogen (secondary N) is 2. The number of amides is 1. The molecule has 1 heterocycles. The third-order valence-corrected chi connectivity index (χ3v) is 2.56. The van der Waals surface area contributed by atoms with Crippen molar-refractivity contribution >= 4 is 17.4 Å². The number of hydrogen-bond donors (Lipinski definition) is 2. The first-order valence-corrected chi connectivity index (χ1v) is 6.21. The van der Waals surface area contributed by atoms with Crippen molar-refractivity contribution in [3.8, 4) is 6.07 Å². The number of carbonyl (C=O) groups excluding carboxylic acids is 1. The summed E-state index contributed by atoms with van der Waals surface area (Å²) in [6.07, 6.45) is 4.43. The van der Waals surface area contributed by atoms with Crippen molar-refractivity contribution in [2.45, 2.75) is 0 Å². The molecule has 1 aromatic heterocycles. The Morgan fingerprint density at radius 1 is 1.38 bits per heavy atom. The number of hydrogen-bond acceptors (Lipinski definition) is 5. The fourth-order valence-corrected chi connectivity index (χ4v) is 1.58. The predicted octanol–water partition coefficient (Wildman–Crippen LogP) is 2.01. The van der Waals surface area contributed by atoms with Gasteiger partial charge in [0.05, 0.1) is 24.0 Å². The first-order chi connectivity index (χ1) is 10.2. The molecule has 0 aliphatic heterocycles. The Labute approximate surface area is 122 Å². The summed E-state index contributed by atoms with van der Waals surface area (Å²) in [5.74, 6) is 0.186. The van der Waals surface area contributed by atoms with Gasteiger partial charge in [0.15, 0.2) is 0 Å². The van der Waals surface area contributed by atoms with E-state index in [-0.39, 0.29) is 11.6 Å². The molecule has 0 radical (unpaired) electrons. The zero-order valence-corrected chi connectivity index (χ0v) is 11.2. The average molecular weight is 279 g/mol. The molecule has 1 aromatic carbocycles. The fourth-order valence-electron chi connectivity index (χ4n) is 1.58. The van der Waals surface area contributed by atoms with Crippen LogP contribution in [0.25, 0.3) is 0 Å². The highest BCUT2D eigenvalue weighted by atomic mass is 16.1. The van der Waals surface area contributed by atoms with Crippen LogP contribution in [0.15, 0.2) is 49.3 Å². The first-order valence-electron chi connectivity index (χ1n) is 6.21. The SMILES string of the molecule is C=CCNC(=O)c1cnc(Nc2cccc(C#N)c2)cn1. The molecule has 0 aliphatic rings. The Balaban J connectivity index is 2.07. The maximum atomic E-state index is 11.6. The molecule has 0 bridgehead atoms. The van der Waals surface area contributed by atoms with Crippen LogP contribution in [0.5, 0.6) is 0 Å². The summed E-state index contributed by atoms with van der Waals surface area (Å²) in [5.41, 5.74) is 1.51. The van der Waals surface area contributed by atoms with Gasteiger partial charge in [-0.3, -0.25) is 4.79 Å². The van der Waals surface area contributed by atoms with E-state index in [4.69, 9.17) is 5.26 Å². The van der Waals surface area contributed by atoms with Crippen LogP contribution in [0, 0.1) is 11.3 Å². The molecule has 1 amide bonds. The van der Waals surface area contributed by atoms with E-state index in [1.54, 1.807) is 24.3 Å². The summed E-state index contributed by atoms with van der Waals surface area (Å²) in [4.78, 5) is 19.8. The minimum Gasteiger partial charge on any atom is -0.347 e. The third kappa shape index (κ3) is 3.88. The summed E-state index contributed by atoms with van der Waals surface area (Å²) in [7, 11) is 0. The Morgan fingerprint density at radius 3 is 2.90 bits per heavy atom. The molecule has 0 unspecified atom stereocenters. The smallest absolute Gasteiger partial charge is 0.271 e. The van der Waals surface area contributed by atoms with Crippen molar-refractivity contribution in [1.82, 2.24) is 15.3 Å². The lowest BCUT2D eigenvalue weighted by Crippen LogP contribution is -2.24. The lowest BCUT2D eigenvalue weighted by atomic mass is 10.2. The Bertz CT molecular complexity index is 688. The van der Waals surface area contributed by atoms with Crippen LogP contribution >= 0.6 is 0 Å². The molecule has 0 saturated heterocycles. The topological polar surface area (TPSA) is 90.7 Å². The Hall–Kier alpha value is -3.20. The molecule has 0 fully saturated rings. The lowest BCUT2D eigenvalue weighted by molar-refractivity contribution is 0.0952. The van der Waals surface area contributed by atoms with E-state index in [1.807, 2.05) is 6.07 Å². The Kier molecular flexibility index (Phi) is 4.62. The van der Waals surface area contributed by atoms with E-state index in [0.717, 1.165) is 5.69 Å². The Morgan fingerprint density at radius 2 is 2.24 bits per heavy atom. The number of anilines is 2. The van der Waals surface area contributed by atoms with Crippen LogP contribution in [-0.2, 0) is 0 Å². The van der Waals surface area contributed by atoms with Crippen LogP contribution in [0.3, 0.4) is 0 Å². The van der Waals surface area contributed by atoms with Gasteiger partial charge in [0, 0.05) is 12.2 Å². The van der Waals surface area contributed by atoms with Crippen LogP contribution in [0.4, 0.5) is 11.5 Å². The molecular weight excluding hydrogens is 266 g/mol. The van der Waals surface area contributed by atoms with E-state index in [0.29, 0.717) is 17.9 Å². The van der Waals surface area contributed by atoms with E-state index < -0.39 is 0 Å². The standard InChI is InChI=1S/C15H13N5O/c1-2-6-17-15(21)13-9-19-14(10-18-13)20-12-5-3-4-11(7-12)8-16/h2-5,7,9-10H,1,6H2,(H,17,21)(H,19,20). The third-order valence-electron chi connectivity index (χ3n) is 2.56. The van der Waals surface area contributed by atoms with Crippen molar-refractivity contribution < 1.29 is 4.79 Å². The highest BCUT2D eigenvalue weighted by Gasteiger charge is 2.06. The lowest BCUT2D eigenvalue weighted by Gasteiger charge is -2.06. The molecule has 6 nitrogen and oxygen atoms in total. The summed E-state index contributed by atoms with van der Waals surface area (Å²) in [6, 6.07) is 9.05. The highest BCUT2D eigenvalue weighted by Crippen LogP contribution is 2.14. The number of carbonyl (C=O) groups is 1. The predicted molar refractivity (Wildman–Crippen MR) is 79.0 cm³/mol. The molecule has 0 spiro atoms. The van der Waals surface area contributed by atoms with Crippen molar-refractivity contribution in [2.24, 2.45) is 0 Å². The minimum atomic E-state index is -0.305. The van der Waals surface area contributed by atoms with Gasteiger partial charge in [0.1, 0.15) is 11.5 Å². The van der Waals surface area contributed by atoms with Gasteiger partial charge in [-0.2, -0.15) is 5.26 Å². The van der Waals surface area contributed by atoms with Gasteiger partial charge in [0.2, 0.25) is 0 Å². The monoisotopic (exact) mass is 279 g/mol. The molecule has 104 valence electrons. The van der Waals surface area contributed by atoms with Gasteiger partial charge < -0.3 is 10.6 Å². The molecule has 0 aliphatic carbocycles. The molecule has 2 aromatic rings. The quantitative estimate of drug-likeness (QED) is 0.817. The zero-order valence-electron chi connectivity index (χ0n) is 11.2. The van der Waals surface area contributed by atoms with E-state index >= 15 is 0 Å². The van der Waals surface area contributed by atoms with E-state index in [1.165, 1.54) is 12.4 Å². The number of aromatic nitrogens is 2. The van der Waals surface area contributed by atoms with Crippen molar-refractivity contribution in [3.63, 3.8) is 0 Å². The maximum Gasteiger partial charge on any atom is 0.271 e. The van der Waals surface area contributed by atoms with Gasteiger partial charge >= 0.3 is 0 Å². The van der Waals surface area contributed by atoms with Crippen LogP contribution in [0.1, 0.15) is 16.1 Å². The minimum absolute atomic E-state index is 0.230. The molecule has 0 saturated carbocycles. The van der Waals surface area contributed by atoms with Crippen molar-refractivity contribution in [1.29, 1.82) is 5.26 Å². The largest absolute Gasteiger partial charge is 0.347 e. The van der Waals surface area contributed by atoms with Crippen LogP contribution < -0.4 is 10.6 Å². The highest BCUT2D eigenvalue weighted by molar-refractivity contribution is 5.92. The van der Waals surface area contributed by atoms with Gasteiger partial charge in [-0.05, 0) is 18.2 Å². The second-order valence-electron chi connectivity index (χ2n) is 4.10. The second kappa shape index (κ2) is 6.82. The van der Waals surface area contributed by atoms with Gasteiger partial charge in [-0.1, -0.05) is 12.1 Å². The molecule has 0 atom stereocenters. The van der Waals surface area contributed by atoms with Gasteiger partial charge in [-0.15, -0.1) is 6.58 Å². The number of nitrogens with zero attached hydrogens (tertiary/aromatic N) is 3. The number of benzene rings is 1. The average Bonchev–Trinajstić information content (AvgIpc) is 2.53. The van der Waals surface area contributed by atoms with Crippen molar-refractivity contribution in [2.75, 3.05) is 11.9 Å². The van der Waals surface area contributed by atoms with Crippen molar-refractivity contribution in [3.05, 3.63) is 60.6 Å². The molecule has 2 N–H and O–H groups in total. The van der Waals surface area contributed by atoms with E-state index in [2.05, 4.69) is 33.2 Å². The molecule has 2 rings (SSSR count). The van der Waals surface area contributed by atoms with Crippen LogP contribution in [0.2, 0.25) is 0 Å². The normalized spacial score (nSPS) is 9.48.